The van der Waals surface area contributed by atoms with Crippen molar-refractivity contribution < 1.29 is 13.2 Å². The van der Waals surface area contributed by atoms with E-state index >= 15 is 0 Å². The number of primary sulfonamides is 1. The molecule has 0 aliphatic carbocycles. The monoisotopic (exact) mass is 393 g/mol. The second-order valence-corrected chi connectivity index (χ2v) is 8.95. The van der Waals surface area contributed by atoms with Crippen molar-refractivity contribution in [2.75, 3.05) is 33.2 Å². The number of hydrogen-bond acceptors (Lipinski definition) is 4. The van der Waals surface area contributed by atoms with Crippen LogP contribution in [0.4, 0.5) is 0 Å². The highest BCUT2D eigenvalue weighted by Crippen LogP contribution is 2.35. The number of amides is 1. The van der Waals surface area contributed by atoms with Gasteiger partial charge in [-0.1, -0.05) is 12.1 Å². The van der Waals surface area contributed by atoms with Gasteiger partial charge >= 0.3 is 0 Å². The molecule has 0 radical (unpaired) electrons. The van der Waals surface area contributed by atoms with Gasteiger partial charge in [0.15, 0.2) is 5.96 Å². The average molecular weight is 394 g/mol. The Morgan fingerprint density at radius 2 is 2.11 bits per heavy atom. The van der Waals surface area contributed by atoms with Gasteiger partial charge in [-0.05, 0) is 37.0 Å². The molecule has 27 heavy (non-hydrogen) atoms. The number of nitrogens with two attached hydrogens (primary N) is 1. The van der Waals surface area contributed by atoms with Gasteiger partial charge < -0.3 is 15.5 Å². The third kappa shape index (κ3) is 4.78. The molecule has 2 aliphatic rings. The van der Waals surface area contributed by atoms with E-state index in [1.54, 1.807) is 19.2 Å². The summed E-state index contributed by atoms with van der Waals surface area (Å²) in [5.74, 6) is 0.984. The van der Waals surface area contributed by atoms with Crippen molar-refractivity contribution in [2.45, 2.75) is 30.6 Å². The summed E-state index contributed by atoms with van der Waals surface area (Å²) in [5.41, 5.74) is 1.04. The van der Waals surface area contributed by atoms with Crippen LogP contribution in [0.3, 0.4) is 0 Å². The predicted molar refractivity (Wildman–Crippen MR) is 104 cm³/mol. The minimum Gasteiger partial charge on any atom is -0.356 e. The van der Waals surface area contributed by atoms with E-state index in [9.17, 15) is 13.2 Å². The Morgan fingerprint density at radius 1 is 1.37 bits per heavy atom. The van der Waals surface area contributed by atoms with Crippen molar-refractivity contribution in [2.24, 2.45) is 15.5 Å². The Morgan fingerprint density at radius 3 is 2.70 bits per heavy atom. The summed E-state index contributed by atoms with van der Waals surface area (Å²) in [6, 6.07) is 6.60. The third-order valence-corrected chi connectivity index (χ3v) is 6.25. The predicted octanol–water partition coefficient (Wildman–Crippen LogP) is 0.0540. The highest BCUT2D eigenvalue weighted by atomic mass is 32.2. The Hall–Kier alpha value is -2.13. The number of rotatable bonds is 4. The van der Waals surface area contributed by atoms with E-state index in [0.717, 1.165) is 50.4 Å². The van der Waals surface area contributed by atoms with E-state index in [1.807, 2.05) is 0 Å². The number of nitrogens with one attached hydrogen (secondary N) is 2. The van der Waals surface area contributed by atoms with Crippen LogP contribution in [0.1, 0.15) is 24.8 Å². The van der Waals surface area contributed by atoms with E-state index in [1.165, 1.54) is 12.1 Å². The molecule has 1 atom stereocenters. The summed E-state index contributed by atoms with van der Waals surface area (Å²) in [4.78, 5) is 18.4. The van der Waals surface area contributed by atoms with Crippen molar-refractivity contribution in [3.05, 3.63) is 29.8 Å². The fraction of sp³-hybridized carbons (Fsp3) is 0.556. The zero-order chi connectivity index (χ0) is 19.5. The van der Waals surface area contributed by atoms with Crippen molar-refractivity contribution in [3.8, 4) is 0 Å². The first-order chi connectivity index (χ1) is 12.8. The number of aliphatic imine (C=N–C) groups is 1. The first-order valence-corrected chi connectivity index (χ1v) is 10.7. The molecule has 2 saturated heterocycles. The molecule has 0 bridgehead atoms. The number of hydrogen-bond donors (Lipinski definition) is 3. The van der Waals surface area contributed by atoms with Crippen LogP contribution in [-0.4, -0.2) is 58.4 Å². The lowest BCUT2D eigenvalue weighted by Gasteiger charge is -2.40. The van der Waals surface area contributed by atoms with Gasteiger partial charge in [0.05, 0.1) is 4.90 Å². The summed E-state index contributed by atoms with van der Waals surface area (Å²) in [6.45, 7) is 3.19. The van der Waals surface area contributed by atoms with Crippen LogP contribution >= 0.6 is 0 Å². The second-order valence-electron chi connectivity index (χ2n) is 7.39. The normalized spacial score (nSPS) is 23.6. The number of benzene rings is 1. The topological polar surface area (TPSA) is 117 Å². The van der Waals surface area contributed by atoms with Crippen LogP contribution in [0.2, 0.25) is 0 Å². The second kappa shape index (κ2) is 7.85. The lowest BCUT2D eigenvalue weighted by Crippen LogP contribution is -2.51. The number of piperidine rings is 1. The first kappa shape index (κ1) is 19.6. The minimum atomic E-state index is -3.66. The quantitative estimate of drug-likeness (QED) is 0.494. The maximum Gasteiger partial charge on any atom is 0.238 e. The van der Waals surface area contributed by atoms with E-state index in [2.05, 4.69) is 20.5 Å². The van der Waals surface area contributed by atoms with Crippen molar-refractivity contribution in [3.63, 3.8) is 0 Å². The molecule has 4 N–H and O–H groups in total. The Kier molecular flexibility index (Phi) is 5.71. The number of nitrogens with zero attached hydrogens (tertiary/aromatic N) is 2. The molecule has 9 heteroatoms. The Labute approximate surface area is 160 Å². The molecule has 0 saturated carbocycles. The SMILES string of the molecule is CN=C(NCCc1ccc(S(N)(=O)=O)cc1)N1CCCC2(CNC(=O)C2)C1. The van der Waals surface area contributed by atoms with E-state index in [4.69, 9.17) is 5.14 Å². The van der Waals surface area contributed by atoms with Gasteiger partial charge in [0, 0.05) is 45.1 Å². The molecule has 3 rings (SSSR count). The molecule has 1 aromatic rings. The minimum absolute atomic E-state index is 0.0243. The number of carbonyl (C=O) groups is 1. The molecule has 2 heterocycles. The zero-order valence-electron chi connectivity index (χ0n) is 15.6. The maximum atomic E-state index is 11.7. The molecule has 148 valence electrons. The Bertz CT molecular complexity index is 822. The molecule has 8 nitrogen and oxygen atoms in total. The maximum absolute atomic E-state index is 11.7. The smallest absolute Gasteiger partial charge is 0.238 e. The van der Waals surface area contributed by atoms with Gasteiger partial charge in [0.2, 0.25) is 15.9 Å². The van der Waals surface area contributed by atoms with E-state index in [0.29, 0.717) is 13.0 Å². The van der Waals surface area contributed by atoms with Crippen LogP contribution in [0, 0.1) is 5.41 Å². The molecule has 1 amide bonds. The van der Waals surface area contributed by atoms with Crippen LogP contribution in [0.25, 0.3) is 0 Å². The third-order valence-electron chi connectivity index (χ3n) is 5.32. The van der Waals surface area contributed by atoms with E-state index < -0.39 is 10.0 Å². The van der Waals surface area contributed by atoms with Crippen molar-refractivity contribution in [1.29, 1.82) is 0 Å². The fourth-order valence-electron chi connectivity index (χ4n) is 3.93. The van der Waals surface area contributed by atoms with Crippen LogP contribution in [-0.2, 0) is 21.2 Å². The highest BCUT2D eigenvalue weighted by molar-refractivity contribution is 7.89. The standard InChI is InChI=1S/C18H27N5O3S/c1-20-17(23-10-2-8-18(13-23)11-16(24)22-12-18)21-9-7-14-3-5-15(6-4-14)27(19,25)26/h3-6H,2,7-13H2,1H3,(H,20,21)(H,22,24)(H2,19,25,26). The van der Waals surface area contributed by atoms with Gasteiger partial charge in [0.25, 0.3) is 0 Å². The molecule has 2 aliphatic heterocycles. The molecular formula is C18H27N5O3S. The fourth-order valence-corrected chi connectivity index (χ4v) is 4.44. The van der Waals surface area contributed by atoms with Gasteiger partial charge in [-0.2, -0.15) is 0 Å². The number of sulfonamides is 1. The Balaban J connectivity index is 1.54. The lowest BCUT2D eigenvalue weighted by atomic mass is 9.79. The van der Waals surface area contributed by atoms with Crippen LogP contribution < -0.4 is 15.8 Å². The van der Waals surface area contributed by atoms with Crippen LogP contribution in [0.15, 0.2) is 34.2 Å². The summed E-state index contributed by atoms with van der Waals surface area (Å²) < 4.78 is 22.6. The summed E-state index contributed by atoms with van der Waals surface area (Å²) in [6.07, 6.45) is 3.44. The molecule has 1 spiro atoms. The largest absolute Gasteiger partial charge is 0.356 e. The van der Waals surface area contributed by atoms with Crippen LogP contribution in [0.5, 0.6) is 0 Å². The highest BCUT2D eigenvalue weighted by Gasteiger charge is 2.42. The molecular weight excluding hydrogens is 366 g/mol. The van der Waals surface area contributed by atoms with Crippen molar-refractivity contribution >= 4 is 21.9 Å². The van der Waals surface area contributed by atoms with Gasteiger partial charge in [-0.25, -0.2) is 13.6 Å². The molecule has 0 aromatic heterocycles. The number of guanidine groups is 1. The summed E-state index contributed by atoms with van der Waals surface area (Å²) in [7, 11) is -1.89. The molecule has 1 unspecified atom stereocenters. The van der Waals surface area contributed by atoms with Crippen molar-refractivity contribution in [1.82, 2.24) is 15.5 Å². The van der Waals surface area contributed by atoms with Gasteiger partial charge in [0.1, 0.15) is 0 Å². The average Bonchev–Trinajstić information content (AvgIpc) is 2.98. The first-order valence-electron chi connectivity index (χ1n) is 9.15. The zero-order valence-corrected chi connectivity index (χ0v) is 16.4. The number of carbonyl (C=O) groups excluding carboxylic acids is 1. The number of likely N-dealkylation sites (tertiary alicyclic amines) is 1. The summed E-state index contributed by atoms with van der Waals surface area (Å²) in [5, 5.41) is 11.5. The van der Waals surface area contributed by atoms with E-state index in [-0.39, 0.29) is 16.2 Å². The molecule has 1 aromatic carbocycles. The summed E-state index contributed by atoms with van der Waals surface area (Å²) >= 11 is 0. The lowest BCUT2D eigenvalue weighted by molar-refractivity contribution is -0.119. The van der Waals surface area contributed by atoms with Gasteiger partial charge in [-0.15, -0.1) is 0 Å². The molecule has 2 fully saturated rings. The van der Waals surface area contributed by atoms with Gasteiger partial charge in [-0.3, -0.25) is 9.79 Å².